The number of hydrogen-bond acceptors (Lipinski definition) is 10. The van der Waals surface area contributed by atoms with E-state index in [1.807, 2.05) is 48.5 Å². The van der Waals surface area contributed by atoms with Gasteiger partial charge >= 0.3 is 17.9 Å². The van der Waals surface area contributed by atoms with Crippen LogP contribution >= 0.6 is 0 Å². The predicted octanol–water partition coefficient (Wildman–Crippen LogP) is 8.70. The number of fused-ring (bicyclic) bond motifs is 1. The second kappa shape index (κ2) is 15.3. The molecular weight excluding hydrogens is 745 g/mol. The Morgan fingerprint density at radius 3 is 1.81 bits per heavy atom. The fourth-order valence-corrected chi connectivity index (χ4v) is 15.3. The van der Waals surface area contributed by atoms with Gasteiger partial charge < -0.3 is 19.3 Å². The Labute approximate surface area is 343 Å². The first-order valence-corrected chi connectivity index (χ1v) is 24.4. The summed E-state index contributed by atoms with van der Waals surface area (Å²) in [5, 5.41) is 10.2. The fraction of sp³-hybridized carbons (Fsp3) is 0.935. The highest BCUT2D eigenvalue weighted by Gasteiger charge is 2.66. The van der Waals surface area contributed by atoms with Crippen molar-refractivity contribution >= 4 is 28.0 Å². The number of hydrogen-bond donors (Lipinski definition) is 1. The molecule has 0 radical (unpaired) electrons. The van der Waals surface area contributed by atoms with Gasteiger partial charge in [-0.3, -0.25) is 18.6 Å². The average molecular weight is 819 g/mol. The van der Waals surface area contributed by atoms with Gasteiger partial charge in [-0.1, -0.05) is 34.6 Å². The maximum absolute atomic E-state index is 12.6. The monoisotopic (exact) mass is 819 g/mol. The van der Waals surface area contributed by atoms with Crippen molar-refractivity contribution in [2.24, 2.45) is 64.1 Å². The van der Waals surface area contributed by atoms with E-state index >= 15 is 0 Å². The maximum Gasteiger partial charge on any atom is 0.312 e. The Kier molecular flexibility index (Phi) is 11.7. The second-order valence-corrected chi connectivity index (χ2v) is 23.7. The molecule has 0 aromatic heterocycles. The number of ether oxygens (including phenoxy) is 3. The first-order valence-electron chi connectivity index (χ1n) is 22.9. The number of rotatable bonds is 10. The molecular formula is C46H74O10S. The lowest BCUT2D eigenvalue weighted by atomic mass is 9.49. The third-order valence-corrected chi connectivity index (χ3v) is 19.0. The zero-order valence-corrected chi connectivity index (χ0v) is 37.3. The van der Waals surface area contributed by atoms with Crippen LogP contribution in [0.5, 0.6) is 0 Å². The smallest absolute Gasteiger partial charge is 0.312 e. The van der Waals surface area contributed by atoms with Gasteiger partial charge in [0.05, 0.1) is 27.6 Å². The van der Waals surface area contributed by atoms with Crippen molar-refractivity contribution in [3.63, 3.8) is 0 Å². The number of carbonyl (C=O) groups excluding carboxylic acids is 3. The van der Waals surface area contributed by atoms with Gasteiger partial charge in [-0.05, 0) is 166 Å². The molecule has 11 heteroatoms. The molecule has 1 heterocycles. The van der Waals surface area contributed by atoms with Gasteiger partial charge in [-0.15, -0.1) is 0 Å². The van der Waals surface area contributed by atoms with E-state index in [9.17, 15) is 27.9 Å². The SMILES string of the molecule is CCC(C)(C)C(=O)OC1(CC)C2CC3CC(C2)CC1C3.CCC(C)(C)C(=O)OC1C2CC3C1OS(=O)(=O)C3C2.CCC(C)C(=O)OC12CC3CC(CC(O)(C3)C1)C2. The summed E-state index contributed by atoms with van der Waals surface area (Å²) < 4.78 is 46.5. The molecule has 0 spiro atoms. The first-order chi connectivity index (χ1) is 26.6. The fourth-order valence-electron chi connectivity index (χ4n) is 13.5. The van der Waals surface area contributed by atoms with E-state index in [2.05, 4.69) is 13.8 Å². The van der Waals surface area contributed by atoms with Gasteiger partial charge in [0.25, 0.3) is 10.1 Å². The van der Waals surface area contributed by atoms with Crippen LogP contribution in [0.3, 0.4) is 0 Å². The van der Waals surface area contributed by atoms with Crippen molar-refractivity contribution in [3.8, 4) is 0 Å². The Hall–Kier alpha value is -1.72. The minimum Gasteiger partial charge on any atom is -0.459 e. The summed E-state index contributed by atoms with van der Waals surface area (Å²) in [5.41, 5.74) is -1.87. The molecule has 1 N–H and O–H groups in total. The maximum atomic E-state index is 12.6. The normalized spacial score (nSPS) is 44.1. The zero-order chi connectivity index (χ0) is 41.5. The number of carbonyl (C=O) groups is 3. The molecule has 57 heavy (non-hydrogen) atoms. The summed E-state index contributed by atoms with van der Waals surface area (Å²) in [6.07, 6.45) is 16.3. The van der Waals surface area contributed by atoms with E-state index in [4.69, 9.17) is 18.4 Å². The minimum atomic E-state index is -3.43. The average Bonchev–Trinajstić information content (AvgIpc) is 3.76. The van der Waals surface area contributed by atoms with E-state index in [0.29, 0.717) is 42.9 Å². The predicted molar refractivity (Wildman–Crippen MR) is 216 cm³/mol. The van der Waals surface area contributed by atoms with Crippen molar-refractivity contribution in [3.05, 3.63) is 0 Å². The third-order valence-electron chi connectivity index (χ3n) is 17.2. The molecule has 1 aliphatic heterocycles. The van der Waals surface area contributed by atoms with Crippen LogP contribution in [0.2, 0.25) is 0 Å². The minimum absolute atomic E-state index is 0.0207. The Morgan fingerprint density at radius 1 is 0.754 bits per heavy atom. The van der Waals surface area contributed by atoms with Crippen LogP contribution in [-0.2, 0) is 42.9 Å². The highest BCUT2D eigenvalue weighted by molar-refractivity contribution is 7.87. The highest BCUT2D eigenvalue weighted by atomic mass is 32.2. The Bertz CT molecular complexity index is 1610. The van der Waals surface area contributed by atoms with Crippen LogP contribution in [-0.4, -0.2) is 65.7 Å². The summed E-state index contributed by atoms with van der Waals surface area (Å²) >= 11 is 0. The molecule has 8 unspecified atom stereocenters. The molecule has 8 atom stereocenters. The van der Waals surface area contributed by atoms with Gasteiger partial charge in [-0.2, -0.15) is 8.42 Å². The topological polar surface area (TPSA) is 142 Å². The van der Waals surface area contributed by atoms with Crippen LogP contribution in [0, 0.1) is 64.1 Å². The second-order valence-electron chi connectivity index (χ2n) is 21.9. The molecule has 10 aliphatic carbocycles. The quantitative estimate of drug-likeness (QED) is 0.129. The lowest BCUT2D eigenvalue weighted by Crippen LogP contribution is -2.60. The highest BCUT2D eigenvalue weighted by Crippen LogP contribution is 2.62. The van der Waals surface area contributed by atoms with E-state index in [-0.39, 0.29) is 63.6 Å². The van der Waals surface area contributed by atoms with E-state index in [1.165, 1.54) is 38.5 Å². The molecule has 1 saturated heterocycles. The van der Waals surface area contributed by atoms with Crippen molar-refractivity contribution in [1.82, 2.24) is 0 Å². The summed E-state index contributed by atoms with van der Waals surface area (Å²) in [4.78, 5) is 36.8. The van der Waals surface area contributed by atoms with Crippen LogP contribution in [0.1, 0.15) is 171 Å². The Balaban J connectivity index is 0.000000131. The molecule has 11 rings (SSSR count). The van der Waals surface area contributed by atoms with Gasteiger partial charge in [-0.25, -0.2) is 0 Å². The first kappa shape index (κ1) is 43.4. The molecule has 0 amide bonds. The summed E-state index contributed by atoms with van der Waals surface area (Å²) in [6, 6.07) is 0. The van der Waals surface area contributed by atoms with E-state index < -0.39 is 27.2 Å². The summed E-state index contributed by atoms with van der Waals surface area (Å²) in [7, 11) is -3.43. The summed E-state index contributed by atoms with van der Waals surface area (Å²) in [6.45, 7) is 17.9. The number of esters is 3. The van der Waals surface area contributed by atoms with Gasteiger partial charge in [0.15, 0.2) is 0 Å². The van der Waals surface area contributed by atoms with Gasteiger partial charge in [0.1, 0.15) is 23.4 Å². The lowest BCUT2D eigenvalue weighted by Gasteiger charge is -2.60. The molecule has 10 bridgehead atoms. The molecule has 10 nitrogen and oxygen atoms in total. The van der Waals surface area contributed by atoms with Gasteiger partial charge in [0.2, 0.25) is 0 Å². The lowest BCUT2D eigenvalue weighted by molar-refractivity contribution is -0.222. The van der Waals surface area contributed by atoms with Crippen LogP contribution in [0.25, 0.3) is 0 Å². The van der Waals surface area contributed by atoms with Crippen molar-refractivity contribution in [1.29, 1.82) is 0 Å². The van der Waals surface area contributed by atoms with E-state index in [0.717, 1.165) is 63.2 Å². The molecule has 11 fully saturated rings. The standard InChI is InChI=1S/C18H30O2.C15H24O3.C13H20O5S/c1-5-17(3,4)16(19)20-18(6-2)14-8-12-7-13(10-14)11-15(18)9-12;1-3-10(2)13(16)18-15-7-11-4-12(8-15)6-14(17,5-11)9-15;1-4-13(2,3)12(14)17-10-7-5-8-9(6-7)19(15,16)18-11(8)10/h12-15H,5-11H2,1-4H3;10-12,17H,3-9H2,1-2H3;7-11H,4-6H2,1-3H3. The molecule has 0 aromatic carbocycles. The zero-order valence-electron chi connectivity index (χ0n) is 36.5. The van der Waals surface area contributed by atoms with Crippen molar-refractivity contribution in [2.75, 3.05) is 0 Å². The molecule has 324 valence electrons. The van der Waals surface area contributed by atoms with E-state index in [1.54, 1.807) is 0 Å². The summed E-state index contributed by atoms with van der Waals surface area (Å²) in [5.74, 6) is 4.14. The Morgan fingerprint density at radius 2 is 1.30 bits per heavy atom. The molecule has 10 saturated carbocycles. The van der Waals surface area contributed by atoms with Crippen LogP contribution in [0.15, 0.2) is 0 Å². The van der Waals surface area contributed by atoms with Crippen molar-refractivity contribution < 1.29 is 46.3 Å². The van der Waals surface area contributed by atoms with Crippen LogP contribution in [0.4, 0.5) is 0 Å². The molecule has 0 aromatic rings. The third kappa shape index (κ3) is 7.99. The largest absolute Gasteiger partial charge is 0.459 e. The van der Waals surface area contributed by atoms with Crippen molar-refractivity contribution in [2.45, 2.75) is 206 Å². The molecule has 11 aliphatic rings. The van der Waals surface area contributed by atoms with Crippen LogP contribution < -0.4 is 0 Å². The van der Waals surface area contributed by atoms with Gasteiger partial charge in [0, 0.05) is 18.3 Å². The number of aliphatic hydroxyl groups is 1.